The SMILES string of the molecule is CCCCc1cnc(-c2ccc(OC[C@H]3CC[C@H](OC(=O)[C@@H](F)CCCC)CC3)c(C#N)c2)nc1. The van der Waals surface area contributed by atoms with Gasteiger partial charge in [0.15, 0.2) is 12.0 Å². The van der Waals surface area contributed by atoms with Crippen molar-refractivity contribution < 1.29 is 18.7 Å². The zero-order valence-corrected chi connectivity index (χ0v) is 20.8. The van der Waals surface area contributed by atoms with E-state index in [-0.39, 0.29) is 12.5 Å². The fraction of sp³-hybridized carbons (Fsp3) is 0.571. The van der Waals surface area contributed by atoms with Crippen LogP contribution in [-0.2, 0) is 16.0 Å². The summed E-state index contributed by atoms with van der Waals surface area (Å²) < 4.78 is 25.2. The maximum atomic E-state index is 13.9. The molecule has 0 radical (unpaired) electrons. The second kappa shape index (κ2) is 13.8. The van der Waals surface area contributed by atoms with Crippen LogP contribution < -0.4 is 4.74 Å². The summed E-state index contributed by atoms with van der Waals surface area (Å²) in [4.78, 5) is 20.8. The van der Waals surface area contributed by atoms with E-state index in [0.717, 1.165) is 49.7 Å². The minimum absolute atomic E-state index is 0.221. The molecule has 0 bridgehead atoms. The van der Waals surface area contributed by atoms with Crippen LogP contribution in [0.2, 0.25) is 0 Å². The number of alkyl halides is 1. The molecule has 6 nitrogen and oxygen atoms in total. The first-order valence-electron chi connectivity index (χ1n) is 12.9. The highest BCUT2D eigenvalue weighted by atomic mass is 19.1. The molecule has 7 heteroatoms. The predicted octanol–water partition coefficient (Wildman–Crippen LogP) is 6.37. The van der Waals surface area contributed by atoms with Gasteiger partial charge in [-0.2, -0.15) is 5.26 Å². The van der Waals surface area contributed by atoms with Gasteiger partial charge in [-0.25, -0.2) is 19.2 Å². The number of benzene rings is 1. The number of nitrogens with zero attached hydrogens (tertiary/aromatic N) is 3. The minimum atomic E-state index is -1.52. The van der Waals surface area contributed by atoms with E-state index in [1.165, 1.54) is 0 Å². The molecule has 0 aliphatic heterocycles. The molecule has 0 amide bonds. The highest BCUT2D eigenvalue weighted by Gasteiger charge is 2.27. The summed E-state index contributed by atoms with van der Waals surface area (Å²) in [6.07, 6.45) is 10.0. The third-order valence-electron chi connectivity index (χ3n) is 6.50. The van der Waals surface area contributed by atoms with Crippen molar-refractivity contribution in [2.45, 2.75) is 90.3 Å². The number of carbonyl (C=O) groups excluding carboxylic acids is 1. The van der Waals surface area contributed by atoms with E-state index < -0.39 is 12.1 Å². The highest BCUT2D eigenvalue weighted by molar-refractivity contribution is 5.74. The zero-order valence-electron chi connectivity index (χ0n) is 20.8. The molecular weight excluding hydrogens is 445 g/mol. The lowest BCUT2D eigenvalue weighted by molar-refractivity contribution is -0.157. The first-order valence-corrected chi connectivity index (χ1v) is 12.9. The van der Waals surface area contributed by atoms with E-state index >= 15 is 0 Å². The monoisotopic (exact) mass is 481 g/mol. The lowest BCUT2D eigenvalue weighted by Crippen LogP contribution is -2.30. The zero-order chi connectivity index (χ0) is 25.0. The maximum absolute atomic E-state index is 13.9. The second-order valence-electron chi connectivity index (χ2n) is 9.34. The van der Waals surface area contributed by atoms with Gasteiger partial charge in [0.05, 0.1) is 12.2 Å². The summed E-state index contributed by atoms with van der Waals surface area (Å²) >= 11 is 0. The van der Waals surface area contributed by atoms with Crippen LogP contribution in [0.5, 0.6) is 5.75 Å². The van der Waals surface area contributed by atoms with Crippen molar-refractivity contribution in [3.05, 3.63) is 41.7 Å². The lowest BCUT2D eigenvalue weighted by atomic mass is 9.88. The van der Waals surface area contributed by atoms with Gasteiger partial charge in [-0.3, -0.25) is 0 Å². The molecule has 1 aliphatic carbocycles. The number of hydrogen-bond donors (Lipinski definition) is 0. The Labute approximate surface area is 207 Å². The number of esters is 1. The Balaban J connectivity index is 1.49. The van der Waals surface area contributed by atoms with Crippen molar-refractivity contribution in [2.24, 2.45) is 5.92 Å². The first-order chi connectivity index (χ1) is 17.0. The average molecular weight is 482 g/mol. The Hall–Kier alpha value is -3.01. The fourth-order valence-corrected chi connectivity index (χ4v) is 4.26. The summed E-state index contributed by atoms with van der Waals surface area (Å²) in [5.41, 5.74) is 2.34. The van der Waals surface area contributed by atoms with Crippen LogP contribution in [0.15, 0.2) is 30.6 Å². The van der Waals surface area contributed by atoms with Crippen LogP contribution in [0.1, 0.15) is 82.8 Å². The molecule has 1 saturated carbocycles. The number of rotatable bonds is 12. The number of nitriles is 1. The molecule has 1 aromatic heterocycles. The van der Waals surface area contributed by atoms with Crippen LogP contribution in [0.4, 0.5) is 4.39 Å². The number of ether oxygens (including phenoxy) is 2. The van der Waals surface area contributed by atoms with Crippen LogP contribution in [0.25, 0.3) is 11.4 Å². The number of aryl methyl sites for hydroxylation is 1. The van der Waals surface area contributed by atoms with E-state index in [0.29, 0.717) is 48.9 Å². The van der Waals surface area contributed by atoms with Crippen molar-refractivity contribution in [1.82, 2.24) is 9.97 Å². The van der Waals surface area contributed by atoms with Crippen molar-refractivity contribution in [3.8, 4) is 23.2 Å². The Morgan fingerprint density at radius 3 is 2.51 bits per heavy atom. The number of aromatic nitrogens is 2. The summed E-state index contributed by atoms with van der Waals surface area (Å²) in [7, 11) is 0. The first kappa shape index (κ1) is 26.6. The molecule has 0 unspecified atom stereocenters. The number of unbranched alkanes of at least 4 members (excludes halogenated alkanes) is 2. The molecule has 0 spiro atoms. The van der Waals surface area contributed by atoms with Gasteiger partial charge in [-0.1, -0.05) is 33.1 Å². The molecule has 188 valence electrons. The molecule has 35 heavy (non-hydrogen) atoms. The van der Waals surface area contributed by atoms with E-state index in [9.17, 15) is 14.4 Å². The van der Waals surface area contributed by atoms with Gasteiger partial charge in [-0.15, -0.1) is 0 Å². The molecule has 3 rings (SSSR count). The number of halogens is 1. The van der Waals surface area contributed by atoms with Gasteiger partial charge in [0.25, 0.3) is 0 Å². The van der Waals surface area contributed by atoms with Crippen molar-refractivity contribution in [2.75, 3.05) is 6.61 Å². The maximum Gasteiger partial charge on any atom is 0.340 e. The predicted molar refractivity (Wildman–Crippen MR) is 133 cm³/mol. The third kappa shape index (κ3) is 8.02. The van der Waals surface area contributed by atoms with Crippen molar-refractivity contribution in [1.29, 1.82) is 5.26 Å². The molecular formula is C28H36FN3O3. The highest BCUT2D eigenvalue weighted by Crippen LogP contribution is 2.29. The van der Waals surface area contributed by atoms with Gasteiger partial charge in [0.2, 0.25) is 0 Å². The van der Waals surface area contributed by atoms with Crippen LogP contribution >= 0.6 is 0 Å². The van der Waals surface area contributed by atoms with Gasteiger partial charge < -0.3 is 9.47 Å². The molecule has 2 aromatic rings. The molecule has 1 atom stereocenters. The minimum Gasteiger partial charge on any atom is -0.492 e. The van der Waals surface area contributed by atoms with Gasteiger partial charge >= 0.3 is 5.97 Å². The molecule has 1 aromatic carbocycles. The fourth-order valence-electron chi connectivity index (χ4n) is 4.26. The van der Waals surface area contributed by atoms with E-state index in [4.69, 9.17) is 9.47 Å². The van der Waals surface area contributed by atoms with Crippen molar-refractivity contribution in [3.63, 3.8) is 0 Å². The quantitative estimate of drug-likeness (QED) is 0.328. The molecule has 0 saturated heterocycles. The standard InChI is InChI=1S/C28H36FN3O3/c1-3-5-7-21-17-31-27(32-18-21)22-11-14-26(23(15-22)16-30)34-19-20-9-12-24(13-10-20)35-28(33)25(29)8-6-4-2/h11,14-15,17-18,20,24-25H,3-10,12-13,19H2,1-2H3/t20-,24-,25-/m0/s1. The van der Waals surface area contributed by atoms with Gasteiger partial charge in [0, 0.05) is 18.0 Å². The largest absolute Gasteiger partial charge is 0.492 e. The lowest BCUT2D eigenvalue weighted by Gasteiger charge is -2.28. The van der Waals surface area contributed by atoms with E-state index in [2.05, 4.69) is 23.0 Å². The second-order valence-corrected chi connectivity index (χ2v) is 9.34. The summed E-state index contributed by atoms with van der Waals surface area (Å²) in [6, 6.07) is 7.65. The Kier molecular flexibility index (Phi) is 10.5. The number of carbonyl (C=O) groups is 1. The number of hydrogen-bond acceptors (Lipinski definition) is 6. The molecule has 1 heterocycles. The topological polar surface area (TPSA) is 85.1 Å². The Morgan fingerprint density at radius 2 is 1.86 bits per heavy atom. The van der Waals surface area contributed by atoms with Crippen molar-refractivity contribution >= 4 is 5.97 Å². The Bertz CT molecular complexity index is 982. The molecule has 0 N–H and O–H groups in total. The normalized spacial score (nSPS) is 18.5. The average Bonchev–Trinajstić information content (AvgIpc) is 2.90. The molecule has 1 fully saturated rings. The molecule has 1 aliphatic rings. The van der Waals surface area contributed by atoms with E-state index in [1.807, 2.05) is 25.4 Å². The smallest absolute Gasteiger partial charge is 0.340 e. The Morgan fingerprint density at radius 1 is 1.14 bits per heavy atom. The van der Waals surface area contributed by atoms with Gasteiger partial charge in [0.1, 0.15) is 17.9 Å². The van der Waals surface area contributed by atoms with E-state index in [1.54, 1.807) is 12.1 Å². The van der Waals surface area contributed by atoms with Crippen LogP contribution in [0, 0.1) is 17.2 Å². The van der Waals surface area contributed by atoms with Gasteiger partial charge in [-0.05, 0) is 74.6 Å². The summed E-state index contributed by atoms with van der Waals surface area (Å²) in [6.45, 7) is 4.61. The summed E-state index contributed by atoms with van der Waals surface area (Å²) in [5.74, 6) is 0.708. The summed E-state index contributed by atoms with van der Waals surface area (Å²) in [5, 5.41) is 9.64. The van der Waals surface area contributed by atoms with Crippen LogP contribution in [0.3, 0.4) is 0 Å². The third-order valence-corrected chi connectivity index (χ3v) is 6.50. The van der Waals surface area contributed by atoms with Crippen LogP contribution in [-0.4, -0.2) is 34.8 Å².